The zero-order valence-corrected chi connectivity index (χ0v) is 11.5. The quantitative estimate of drug-likeness (QED) is 0.635. The van der Waals surface area contributed by atoms with Crippen molar-refractivity contribution in [3.05, 3.63) is 39.9 Å². The molecule has 1 unspecified atom stereocenters. The van der Waals surface area contributed by atoms with E-state index in [4.69, 9.17) is 5.26 Å². The van der Waals surface area contributed by atoms with Crippen molar-refractivity contribution >= 4 is 11.6 Å². The SMILES string of the molecule is CCC(C)(C#N)C(=O)NCCc1ccc([N+](=O)[O-])cc1. The molecule has 6 heteroatoms. The second-order valence-corrected chi connectivity index (χ2v) is 4.73. The Labute approximate surface area is 117 Å². The minimum absolute atomic E-state index is 0.0424. The number of nitrogens with one attached hydrogen (secondary N) is 1. The summed E-state index contributed by atoms with van der Waals surface area (Å²) in [7, 11) is 0. The number of nitrogens with zero attached hydrogens (tertiary/aromatic N) is 2. The Hall–Kier alpha value is -2.42. The number of nitro groups is 1. The van der Waals surface area contributed by atoms with Crippen molar-refractivity contribution in [3.63, 3.8) is 0 Å². The minimum Gasteiger partial charge on any atom is -0.354 e. The molecule has 0 bridgehead atoms. The van der Waals surface area contributed by atoms with Gasteiger partial charge in [0.2, 0.25) is 5.91 Å². The molecule has 0 aliphatic carbocycles. The smallest absolute Gasteiger partial charge is 0.269 e. The van der Waals surface area contributed by atoms with Crippen LogP contribution < -0.4 is 5.32 Å². The summed E-state index contributed by atoms with van der Waals surface area (Å²) in [6.07, 6.45) is 1.02. The van der Waals surface area contributed by atoms with Crippen molar-refractivity contribution in [2.75, 3.05) is 6.54 Å². The Bertz CT molecular complexity index is 534. The predicted molar refractivity (Wildman–Crippen MR) is 73.8 cm³/mol. The lowest BCUT2D eigenvalue weighted by Crippen LogP contribution is -2.38. The summed E-state index contributed by atoms with van der Waals surface area (Å²) in [6.45, 7) is 3.79. The van der Waals surface area contributed by atoms with Gasteiger partial charge in [0.1, 0.15) is 5.41 Å². The van der Waals surface area contributed by atoms with E-state index in [9.17, 15) is 14.9 Å². The van der Waals surface area contributed by atoms with Crippen molar-refractivity contribution in [2.45, 2.75) is 26.7 Å². The van der Waals surface area contributed by atoms with Crippen LogP contribution in [0.25, 0.3) is 0 Å². The number of amides is 1. The third-order valence-electron chi connectivity index (χ3n) is 3.30. The number of carbonyl (C=O) groups excluding carboxylic acids is 1. The molecule has 106 valence electrons. The van der Waals surface area contributed by atoms with Gasteiger partial charge < -0.3 is 5.32 Å². The maximum atomic E-state index is 11.8. The first kappa shape index (κ1) is 15.6. The standard InChI is InChI=1S/C14H17N3O3/c1-3-14(2,10-15)13(18)16-9-8-11-4-6-12(7-5-11)17(19)20/h4-7H,3,8-9H2,1-2H3,(H,16,18). The van der Waals surface area contributed by atoms with E-state index in [0.29, 0.717) is 19.4 Å². The summed E-state index contributed by atoms with van der Waals surface area (Å²) in [4.78, 5) is 21.9. The van der Waals surface area contributed by atoms with E-state index in [2.05, 4.69) is 5.32 Å². The number of hydrogen-bond acceptors (Lipinski definition) is 4. The summed E-state index contributed by atoms with van der Waals surface area (Å²) in [5, 5.41) is 22.2. The van der Waals surface area contributed by atoms with Gasteiger partial charge in [-0.15, -0.1) is 0 Å². The van der Waals surface area contributed by atoms with Gasteiger partial charge in [-0.3, -0.25) is 14.9 Å². The van der Waals surface area contributed by atoms with Crippen molar-refractivity contribution in [3.8, 4) is 6.07 Å². The monoisotopic (exact) mass is 275 g/mol. The number of nitro benzene ring substituents is 1. The van der Waals surface area contributed by atoms with Crippen molar-refractivity contribution in [1.29, 1.82) is 5.26 Å². The summed E-state index contributed by atoms with van der Waals surface area (Å²) in [5.74, 6) is -0.288. The molecule has 6 nitrogen and oxygen atoms in total. The summed E-state index contributed by atoms with van der Waals surface area (Å²) < 4.78 is 0. The summed E-state index contributed by atoms with van der Waals surface area (Å²) in [5.41, 5.74) is -0.0676. The zero-order valence-electron chi connectivity index (χ0n) is 11.5. The molecule has 1 aromatic rings. The number of non-ortho nitro benzene ring substituents is 1. The average Bonchev–Trinajstić information content (AvgIpc) is 2.46. The highest BCUT2D eigenvalue weighted by Crippen LogP contribution is 2.19. The third-order valence-corrected chi connectivity index (χ3v) is 3.30. The van der Waals surface area contributed by atoms with Crippen molar-refractivity contribution in [2.24, 2.45) is 5.41 Å². The molecule has 0 saturated heterocycles. The first-order chi connectivity index (χ1) is 9.42. The van der Waals surface area contributed by atoms with Crippen LogP contribution in [0.5, 0.6) is 0 Å². The molecule has 0 aromatic heterocycles. The van der Waals surface area contributed by atoms with Gasteiger partial charge in [0.25, 0.3) is 5.69 Å². The fraction of sp³-hybridized carbons (Fsp3) is 0.429. The van der Waals surface area contributed by atoms with Crippen LogP contribution in [-0.4, -0.2) is 17.4 Å². The topological polar surface area (TPSA) is 96.0 Å². The third kappa shape index (κ3) is 3.79. The highest BCUT2D eigenvalue weighted by atomic mass is 16.6. The Morgan fingerprint density at radius 2 is 2.05 bits per heavy atom. The van der Waals surface area contributed by atoms with E-state index < -0.39 is 10.3 Å². The van der Waals surface area contributed by atoms with Crippen LogP contribution in [0.2, 0.25) is 0 Å². The van der Waals surface area contributed by atoms with Crippen molar-refractivity contribution < 1.29 is 9.72 Å². The average molecular weight is 275 g/mol. The lowest BCUT2D eigenvalue weighted by Gasteiger charge is -2.18. The molecule has 0 aliphatic rings. The van der Waals surface area contributed by atoms with Crippen LogP contribution in [-0.2, 0) is 11.2 Å². The maximum Gasteiger partial charge on any atom is 0.269 e. The van der Waals surface area contributed by atoms with E-state index in [1.165, 1.54) is 12.1 Å². The first-order valence-corrected chi connectivity index (χ1v) is 6.36. The lowest BCUT2D eigenvalue weighted by molar-refractivity contribution is -0.384. The number of carbonyl (C=O) groups is 1. The highest BCUT2D eigenvalue weighted by Gasteiger charge is 2.30. The molecule has 0 heterocycles. The van der Waals surface area contributed by atoms with Crippen LogP contribution in [0.1, 0.15) is 25.8 Å². The number of nitriles is 1. The van der Waals surface area contributed by atoms with E-state index in [1.54, 1.807) is 26.0 Å². The van der Waals surface area contributed by atoms with Gasteiger partial charge in [-0.1, -0.05) is 19.1 Å². The molecule has 0 fully saturated rings. The highest BCUT2D eigenvalue weighted by molar-refractivity contribution is 5.84. The molecule has 1 aromatic carbocycles. The lowest BCUT2D eigenvalue weighted by atomic mass is 9.88. The molecule has 0 aliphatic heterocycles. The molecule has 0 spiro atoms. The summed E-state index contributed by atoms with van der Waals surface area (Å²) >= 11 is 0. The van der Waals surface area contributed by atoms with Gasteiger partial charge in [-0.25, -0.2) is 0 Å². The second kappa shape index (κ2) is 6.66. The number of rotatable bonds is 6. The fourth-order valence-corrected chi connectivity index (χ4v) is 1.59. The van der Waals surface area contributed by atoms with Gasteiger partial charge in [-0.05, 0) is 25.3 Å². The van der Waals surface area contributed by atoms with Crippen LogP contribution in [0.3, 0.4) is 0 Å². The Morgan fingerprint density at radius 3 is 2.50 bits per heavy atom. The maximum absolute atomic E-state index is 11.8. The van der Waals surface area contributed by atoms with Gasteiger partial charge in [0, 0.05) is 18.7 Å². The molecule has 1 N–H and O–H groups in total. The molecule has 1 atom stereocenters. The van der Waals surface area contributed by atoms with Crippen LogP contribution in [0, 0.1) is 26.9 Å². The zero-order chi connectivity index (χ0) is 15.2. The van der Waals surface area contributed by atoms with E-state index in [-0.39, 0.29) is 11.6 Å². The number of benzene rings is 1. The van der Waals surface area contributed by atoms with Gasteiger partial charge in [0.15, 0.2) is 0 Å². The first-order valence-electron chi connectivity index (χ1n) is 6.36. The molecular weight excluding hydrogens is 258 g/mol. The van der Waals surface area contributed by atoms with E-state index >= 15 is 0 Å². The minimum atomic E-state index is -1.00. The Balaban J connectivity index is 2.51. The van der Waals surface area contributed by atoms with E-state index in [0.717, 1.165) is 5.56 Å². The molecule has 0 radical (unpaired) electrons. The van der Waals surface area contributed by atoms with Gasteiger partial charge in [-0.2, -0.15) is 5.26 Å². The predicted octanol–water partition coefficient (Wildman–Crippen LogP) is 2.19. The van der Waals surface area contributed by atoms with Crippen LogP contribution in [0.15, 0.2) is 24.3 Å². The molecule has 1 amide bonds. The molecular formula is C14H17N3O3. The van der Waals surface area contributed by atoms with Crippen LogP contribution >= 0.6 is 0 Å². The molecule has 0 saturated carbocycles. The van der Waals surface area contributed by atoms with Gasteiger partial charge >= 0.3 is 0 Å². The fourth-order valence-electron chi connectivity index (χ4n) is 1.59. The summed E-state index contributed by atoms with van der Waals surface area (Å²) in [6, 6.07) is 8.20. The van der Waals surface area contributed by atoms with Crippen molar-refractivity contribution in [1.82, 2.24) is 5.32 Å². The van der Waals surface area contributed by atoms with E-state index in [1.807, 2.05) is 6.07 Å². The largest absolute Gasteiger partial charge is 0.354 e. The molecule has 1 rings (SSSR count). The van der Waals surface area contributed by atoms with Gasteiger partial charge in [0.05, 0.1) is 11.0 Å². The normalized spacial score (nSPS) is 13.1. The second-order valence-electron chi connectivity index (χ2n) is 4.73. The Morgan fingerprint density at radius 1 is 1.45 bits per heavy atom. The number of hydrogen-bond donors (Lipinski definition) is 1. The molecule has 20 heavy (non-hydrogen) atoms. The Kier molecular flexibility index (Phi) is 5.21. The van der Waals surface area contributed by atoms with Crippen LogP contribution in [0.4, 0.5) is 5.69 Å².